The van der Waals surface area contributed by atoms with Gasteiger partial charge >= 0.3 is 0 Å². The van der Waals surface area contributed by atoms with E-state index in [1.165, 1.54) is 5.56 Å². The Morgan fingerprint density at radius 1 is 1.36 bits per heavy atom. The second kappa shape index (κ2) is 6.86. The van der Waals surface area contributed by atoms with Gasteiger partial charge in [0.25, 0.3) is 0 Å². The predicted molar refractivity (Wildman–Crippen MR) is 86.5 cm³/mol. The summed E-state index contributed by atoms with van der Waals surface area (Å²) in [6.45, 7) is 5.06. The van der Waals surface area contributed by atoms with Gasteiger partial charge in [-0.2, -0.15) is 0 Å². The van der Waals surface area contributed by atoms with Crippen molar-refractivity contribution in [1.29, 1.82) is 0 Å². The molecule has 1 aromatic carbocycles. The van der Waals surface area contributed by atoms with Gasteiger partial charge in [0.15, 0.2) is 0 Å². The number of halogens is 1. The van der Waals surface area contributed by atoms with Crippen LogP contribution in [0.1, 0.15) is 35.6 Å². The topological polar surface area (TPSA) is 73.6 Å². The number of carbonyl (C=O) groups is 1. The van der Waals surface area contributed by atoms with E-state index in [-0.39, 0.29) is 36.6 Å². The summed E-state index contributed by atoms with van der Waals surface area (Å²) in [4.78, 5) is 12.3. The molecule has 0 spiro atoms. The predicted octanol–water partition coefficient (Wildman–Crippen LogP) is 1.78. The number of ether oxygens (including phenoxy) is 2. The van der Waals surface area contributed by atoms with Crippen molar-refractivity contribution in [2.45, 2.75) is 44.9 Å². The molecule has 3 rings (SSSR count). The normalized spacial score (nSPS) is 26.0. The van der Waals surface area contributed by atoms with Crippen molar-refractivity contribution in [2.24, 2.45) is 5.73 Å². The van der Waals surface area contributed by atoms with Crippen LogP contribution in [-0.4, -0.2) is 31.3 Å². The molecule has 2 heterocycles. The Bertz CT molecular complexity index is 565. The third-order valence-corrected chi connectivity index (χ3v) is 4.46. The van der Waals surface area contributed by atoms with Gasteiger partial charge in [0.05, 0.1) is 12.1 Å². The summed E-state index contributed by atoms with van der Waals surface area (Å²) in [5.74, 6) is 0.845. The number of carbonyl (C=O) groups excluding carboxylic acids is 1. The molecule has 0 bridgehead atoms. The standard InChI is InChI=1S/C16H22N2O3.ClH/c1-9-3-5-12-13(8-20-15(12)10(9)2)18-16(19)14-6-4-11(7-17)21-14;/h3,5,11,13-14H,4,6-8,17H2,1-2H3,(H,18,19);1H/t11-,13?,14+;/m1./s1. The molecule has 3 N–H and O–H groups in total. The number of hydrogen-bond acceptors (Lipinski definition) is 4. The summed E-state index contributed by atoms with van der Waals surface area (Å²) < 4.78 is 11.4. The van der Waals surface area contributed by atoms with Gasteiger partial charge in [-0.15, -0.1) is 12.4 Å². The van der Waals surface area contributed by atoms with E-state index < -0.39 is 0 Å². The lowest BCUT2D eigenvalue weighted by Crippen LogP contribution is -2.38. The summed E-state index contributed by atoms with van der Waals surface area (Å²) in [6.07, 6.45) is 1.22. The summed E-state index contributed by atoms with van der Waals surface area (Å²) in [6, 6.07) is 4.01. The fraction of sp³-hybridized carbons (Fsp3) is 0.562. The third kappa shape index (κ3) is 3.07. The number of benzene rings is 1. The van der Waals surface area contributed by atoms with E-state index in [2.05, 4.69) is 18.3 Å². The number of hydrogen-bond donors (Lipinski definition) is 2. The van der Waals surface area contributed by atoms with Crippen molar-refractivity contribution in [2.75, 3.05) is 13.2 Å². The lowest BCUT2D eigenvalue weighted by molar-refractivity contribution is -0.132. The molecule has 1 saturated heterocycles. The molecule has 0 aliphatic carbocycles. The van der Waals surface area contributed by atoms with Gasteiger partial charge in [-0.3, -0.25) is 4.79 Å². The highest BCUT2D eigenvalue weighted by Gasteiger charge is 2.33. The van der Waals surface area contributed by atoms with E-state index in [1.54, 1.807) is 0 Å². The largest absolute Gasteiger partial charge is 0.490 e. The monoisotopic (exact) mass is 326 g/mol. The van der Waals surface area contributed by atoms with Gasteiger partial charge in [0.1, 0.15) is 18.5 Å². The first-order valence-corrected chi connectivity index (χ1v) is 7.49. The highest BCUT2D eigenvalue weighted by Crippen LogP contribution is 2.36. The average Bonchev–Trinajstić information content (AvgIpc) is 3.10. The molecule has 6 heteroatoms. The Balaban J connectivity index is 0.00000176. The van der Waals surface area contributed by atoms with E-state index in [0.717, 1.165) is 29.7 Å². The van der Waals surface area contributed by atoms with Crippen molar-refractivity contribution in [1.82, 2.24) is 5.32 Å². The van der Waals surface area contributed by atoms with E-state index in [4.69, 9.17) is 15.2 Å². The smallest absolute Gasteiger partial charge is 0.249 e. The lowest BCUT2D eigenvalue weighted by atomic mass is 10.0. The second-order valence-corrected chi connectivity index (χ2v) is 5.86. The number of aryl methyl sites for hydroxylation is 1. The molecule has 122 valence electrons. The van der Waals surface area contributed by atoms with Gasteiger partial charge in [0.2, 0.25) is 5.91 Å². The minimum Gasteiger partial charge on any atom is -0.490 e. The highest BCUT2D eigenvalue weighted by atomic mass is 35.5. The molecule has 1 aromatic rings. The Morgan fingerprint density at radius 2 is 2.14 bits per heavy atom. The maximum Gasteiger partial charge on any atom is 0.249 e. The maximum atomic E-state index is 12.3. The van der Waals surface area contributed by atoms with Crippen LogP contribution < -0.4 is 15.8 Å². The van der Waals surface area contributed by atoms with Crippen molar-refractivity contribution in [3.05, 3.63) is 28.8 Å². The molecule has 2 aliphatic heterocycles. The summed E-state index contributed by atoms with van der Waals surface area (Å²) in [5, 5.41) is 3.04. The highest BCUT2D eigenvalue weighted by molar-refractivity contribution is 5.85. The molecule has 3 atom stereocenters. The van der Waals surface area contributed by atoms with Crippen LogP contribution in [0.3, 0.4) is 0 Å². The van der Waals surface area contributed by atoms with Gasteiger partial charge in [-0.1, -0.05) is 12.1 Å². The molecular weight excluding hydrogens is 304 g/mol. The Kier molecular flexibility index (Phi) is 5.32. The minimum absolute atomic E-state index is 0. The molecule has 22 heavy (non-hydrogen) atoms. The van der Waals surface area contributed by atoms with Crippen molar-refractivity contribution in [3.8, 4) is 5.75 Å². The second-order valence-electron chi connectivity index (χ2n) is 5.86. The van der Waals surface area contributed by atoms with Crippen LogP contribution in [0.2, 0.25) is 0 Å². The molecule has 1 unspecified atom stereocenters. The van der Waals surface area contributed by atoms with Gasteiger partial charge in [-0.05, 0) is 37.8 Å². The number of amides is 1. The molecular formula is C16H23ClN2O3. The SMILES string of the molecule is Cc1ccc2c(c1C)OCC2NC(=O)[C@@H]1CC[C@H](CN)O1.Cl. The zero-order valence-electron chi connectivity index (χ0n) is 12.9. The van der Waals surface area contributed by atoms with Crippen LogP contribution in [0, 0.1) is 13.8 Å². The van der Waals surface area contributed by atoms with E-state index in [9.17, 15) is 4.79 Å². The van der Waals surface area contributed by atoms with Gasteiger partial charge in [-0.25, -0.2) is 0 Å². The van der Waals surface area contributed by atoms with Crippen LogP contribution in [0.25, 0.3) is 0 Å². The Morgan fingerprint density at radius 3 is 2.82 bits per heavy atom. The lowest BCUT2D eigenvalue weighted by Gasteiger charge is -2.16. The summed E-state index contributed by atoms with van der Waals surface area (Å²) in [7, 11) is 0. The van der Waals surface area contributed by atoms with Crippen molar-refractivity contribution in [3.63, 3.8) is 0 Å². The quantitative estimate of drug-likeness (QED) is 0.888. The van der Waals surface area contributed by atoms with Crippen molar-refractivity contribution >= 4 is 18.3 Å². The zero-order valence-corrected chi connectivity index (χ0v) is 13.7. The third-order valence-electron chi connectivity index (χ3n) is 4.46. The van der Waals surface area contributed by atoms with Crippen LogP contribution in [0.15, 0.2) is 12.1 Å². The first kappa shape index (κ1) is 17.1. The molecule has 0 aromatic heterocycles. The van der Waals surface area contributed by atoms with E-state index in [0.29, 0.717) is 13.2 Å². The van der Waals surface area contributed by atoms with Crippen molar-refractivity contribution < 1.29 is 14.3 Å². The molecule has 2 aliphatic rings. The van der Waals surface area contributed by atoms with Gasteiger partial charge in [0, 0.05) is 12.1 Å². The summed E-state index contributed by atoms with van der Waals surface area (Å²) >= 11 is 0. The van der Waals surface area contributed by atoms with Crippen LogP contribution in [0.5, 0.6) is 5.75 Å². The molecule has 1 fully saturated rings. The molecule has 1 amide bonds. The average molecular weight is 327 g/mol. The zero-order chi connectivity index (χ0) is 15.0. The van der Waals surface area contributed by atoms with E-state index >= 15 is 0 Å². The van der Waals surface area contributed by atoms with Gasteiger partial charge < -0.3 is 20.5 Å². The molecule has 0 radical (unpaired) electrons. The number of nitrogens with one attached hydrogen (secondary N) is 1. The number of fused-ring (bicyclic) bond motifs is 1. The molecule has 0 saturated carbocycles. The fourth-order valence-corrected chi connectivity index (χ4v) is 2.99. The first-order valence-electron chi connectivity index (χ1n) is 7.49. The summed E-state index contributed by atoms with van der Waals surface area (Å²) in [5.41, 5.74) is 8.98. The fourth-order valence-electron chi connectivity index (χ4n) is 2.99. The van der Waals surface area contributed by atoms with Crippen LogP contribution in [0.4, 0.5) is 0 Å². The maximum absolute atomic E-state index is 12.3. The number of rotatable bonds is 3. The van der Waals surface area contributed by atoms with Crippen LogP contribution in [-0.2, 0) is 9.53 Å². The van der Waals surface area contributed by atoms with Crippen LogP contribution >= 0.6 is 12.4 Å². The Labute approximate surface area is 137 Å². The minimum atomic E-state index is -0.380. The Hall–Kier alpha value is -1.30. The number of nitrogens with two attached hydrogens (primary N) is 1. The van der Waals surface area contributed by atoms with E-state index in [1.807, 2.05) is 13.0 Å². The first-order chi connectivity index (χ1) is 10.1. The molecule has 5 nitrogen and oxygen atoms in total.